The molecule has 2 rings (SSSR count). The van der Waals surface area contributed by atoms with Gasteiger partial charge >= 0.3 is 0 Å². The van der Waals surface area contributed by atoms with Crippen molar-refractivity contribution in [3.8, 4) is 0 Å². The van der Waals surface area contributed by atoms with Gasteiger partial charge in [0.1, 0.15) is 4.90 Å². The van der Waals surface area contributed by atoms with Gasteiger partial charge in [0.2, 0.25) is 10.0 Å². The maximum absolute atomic E-state index is 12.2. The molecule has 0 bridgehead atoms. The molecule has 0 fully saturated rings. The first-order valence-electron chi connectivity index (χ1n) is 6.38. The Morgan fingerprint density at radius 1 is 1.14 bits per heavy atom. The van der Waals surface area contributed by atoms with Crippen molar-refractivity contribution in [1.82, 2.24) is 4.72 Å². The molecule has 8 heteroatoms. The number of hydrogen-bond acceptors (Lipinski definition) is 4. The number of nitro groups is 1. The molecule has 0 aliphatic carbocycles. The van der Waals surface area contributed by atoms with E-state index in [9.17, 15) is 18.5 Å². The van der Waals surface area contributed by atoms with Gasteiger partial charge in [0, 0.05) is 18.7 Å². The van der Waals surface area contributed by atoms with Crippen LogP contribution < -0.4 is 4.72 Å². The minimum atomic E-state index is -3.90. The Balaban J connectivity index is 2.13. The molecule has 2 aromatic carbocycles. The Morgan fingerprint density at radius 3 is 2.45 bits per heavy atom. The summed E-state index contributed by atoms with van der Waals surface area (Å²) in [6, 6.07) is 12.7. The molecule has 0 saturated carbocycles. The second kappa shape index (κ2) is 6.87. The molecule has 116 valence electrons. The zero-order valence-electron chi connectivity index (χ0n) is 11.4. The maximum atomic E-state index is 12.2. The van der Waals surface area contributed by atoms with Gasteiger partial charge < -0.3 is 0 Å². The fraction of sp³-hybridized carbons (Fsp3) is 0.143. The zero-order valence-corrected chi connectivity index (χ0v) is 13.0. The highest BCUT2D eigenvalue weighted by Crippen LogP contribution is 2.25. The summed E-state index contributed by atoms with van der Waals surface area (Å²) in [5, 5.41) is 10.7. The quantitative estimate of drug-likeness (QED) is 0.646. The van der Waals surface area contributed by atoms with Gasteiger partial charge in [0.05, 0.1) is 9.95 Å². The van der Waals surface area contributed by atoms with Crippen molar-refractivity contribution in [3.63, 3.8) is 0 Å². The monoisotopic (exact) mass is 340 g/mol. The van der Waals surface area contributed by atoms with Gasteiger partial charge in [-0.15, -0.1) is 0 Å². The van der Waals surface area contributed by atoms with E-state index in [1.54, 1.807) is 0 Å². The summed E-state index contributed by atoms with van der Waals surface area (Å²) >= 11 is 5.84. The first-order valence-corrected chi connectivity index (χ1v) is 8.24. The molecule has 0 aliphatic rings. The second-order valence-electron chi connectivity index (χ2n) is 4.51. The van der Waals surface area contributed by atoms with E-state index >= 15 is 0 Å². The molecule has 0 saturated heterocycles. The smallest absolute Gasteiger partial charge is 0.258 e. The number of nitrogens with zero attached hydrogens (tertiary/aromatic N) is 1. The summed E-state index contributed by atoms with van der Waals surface area (Å²) in [5.74, 6) is 0. The number of benzene rings is 2. The molecule has 0 heterocycles. The van der Waals surface area contributed by atoms with Crippen LogP contribution in [0.15, 0.2) is 53.4 Å². The van der Waals surface area contributed by atoms with Crippen LogP contribution in [0.1, 0.15) is 5.56 Å². The Labute approximate surface area is 132 Å². The van der Waals surface area contributed by atoms with E-state index in [0.29, 0.717) is 6.42 Å². The van der Waals surface area contributed by atoms with E-state index in [0.717, 1.165) is 17.7 Å². The summed E-state index contributed by atoms with van der Waals surface area (Å²) < 4.78 is 26.8. The highest BCUT2D eigenvalue weighted by Gasteiger charge is 2.21. The van der Waals surface area contributed by atoms with Gasteiger partial charge in [-0.3, -0.25) is 10.1 Å². The van der Waals surface area contributed by atoms with Gasteiger partial charge in [-0.25, -0.2) is 13.1 Å². The van der Waals surface area contributed by atoms with E-state index in [4.69, 9.17) is 11.6 Å². The molecular formula is C14H13ClN2O4S. The molecule has 0 amide bonds. The average Bonchev–Trinajstić information content (AvgIpc) is 2.48. The van der Waals surface area contributed by atoms with Gasteiger partial charge in [-0.05, 0) is 18.1 Å². The molecule has 22 heavy (non-hydrogen) atoms. The zero-order chi connectivity index (χ0) is 16.2. The minimum absolute atomic E-state index is 0.0576. The summed E-state index contributed by atoms with van der Waals surface area (Å²) in [7, 11) is -3.90. The van der Waals surface area contributed by atoms with Crippen LogP contribution in [-0.2, 0) is 16.4 Å². The lowest BCUT2D eigenvalue weighted by Crippen LogP contribution is -2.26. The van der Waals surface area contributed by atoms with Crippen LogP contribution in [-0.4, -0.2) is 19.9 Å². The van der Waals surface area contributed by atoms with Crippen molar-refractivity contribution in [2.75, 3.05) is 6.54 Å². The summed E-state index contributed by atoms with van der Waals surface area (Å²) in [4.78, 5) is 9.78. The Bertz CT molecular complexity index is 779. The van der Waals surface area contributed by atoms with Crippen molar-refractivity contribution in [3.05, 3.63) is 69.2 Å². The summed E-state index contributed by atoms with van der Waals surface area (Å²) in [6.45, 7) is 0.172. The lowest BCUT2D eigenvalue weighted by Gasteiger charge is -2.08. The predicted octanol–water partition coefficient (Wildman–Crippen LogP) is 2.77. The number of halogens is 1. The number of hydrogen-bond donors (Lipinski definition) is 1. The van der Waals surface area contributed by atoms with Crippen LogP contribution in [0.25, 0.3) is 0 Å². The van der Waals surface area contributed by atoms with E-state index in [-0.39, 0.29) is 22.2 Å². The van der Waals surface area contributed by atoms with E-state index in [2.05, 4.69) is 4.72 Å². The fourth-order valence-corrected chi connectivity index (χ4v) is 3.41. The average molecular weight is 341 g/mol. The Hall–Kier alpha value is -1.96. The second-order valence-corrected chi connectivity index (χ2v) is 6.65. The van der Waals surface area contributed by atoms with Crippen LogP contribution in [0.2, 0.25) is 5.02 Å². The summed E-state index contributed by atoms with van der Waals surface area (Å²) in [5.41, 5.74) is 0.656. The van der Waals surface area contributed by atoms with Crippen molar-refractivity contribution < 1.29 is 13.3 Å². The Morgan fingerprint density at radius 2 is 1.82 bits per heavy atom. The maximum Gasteiger partial charge on any atom is 0.270 e. The highest BCUT2D eigenvalue weighted by molar-refractivity contribution is 7.89. The number of nitrogens with one attached hydrogen (secondary N) is 1. The van der Waals surface area contributed by atoms with Gasteiger partial charge in [0.25, 0.3) is 5.69 Å². The number of non-ortho nitro benzene ring substituents is 1. The third-order valence-electron chi connectivity index (χ3n) is 2.96. The Kier molecular flexibility index (Phi) is 5.12. The van der Waals surface area contributed by atoms with Crippen LogP contribution >= 0.6 is 11.6 Å². The predicted molar refractivity (Wildman–Crippen MR) is 83.4 cm³/mol. The lowest BCUT2D eigenvalue weighted by atomic mass is 10.2. The number of rotatable bonds is 6. The topological polar surface area (TPSA) is 89.3 Å². The molecule has 0 spiro atoms. The van der Waals surface area contributed by atoms with Gasteiger partial charge in [0.15, 0.2) is 0 Å². The van der Waals surface area contributed by atoms with Crippen molar-refractivity contribution in [2.24, 2.45) is 0 Å². The van der Waals surface area contributed by atoms with Gasteiger partial charge in [-0.2, -0.15) is 0 Å². The number of nitro benzene ring substituents is 1. The first-order chi connectivity index (χ1) is 10.4. The highest BCUT2D eigenvalue weighted by atomic mass is 35.5. The molecule has 2 aromatic rings. The van der Waals surface area contributed by atoms with Crippen LogP contribution in [0, 0.1) is 10.1 Å². The SMILES string of the molecule is O=[N+]([O-])c1ccc(Cl)c(S(=O)(=O)NCCc2ccccc2)c1. The molecule has 0 atom stereocenters. The molecule has 0 aromatic heterocycles. The van der Waals surface area contributed by atoms with E-state index < -0.39 is 14.9 Å². The third-order valence-corrected chi connectivity index (χ3v) is 4.91. The van der Waals surface area contributed by atoms with Crippen LogP contribution in [0.3, 0.4) is 0 Å². The van der Waals surface area contributed by atoms with E-state index in [1.165, 1.54) is 6.07 Å². The standard InChI is InChI=1S/C14H13ClN2O4S/c15-13-7-6-12(17(18)19)10-14(13)22(20,21)16-9-8-11-4-2-1-3-5-11/h1-7,10,16H,8-9H2. The molecule has 0 unspecified atom stereocenters. The van der Waals surface area contributed by atoms with Crippen molar-refractivity contribution in [1.29, 1.82) is 0 Å². The minimum Gasteiger partial charge on any atom is -0.258 e. The molecule has 0 aliphatic heterocycles. The van der Waals surface area contributed by atoms with Crippen LogP contribution in [0.4, 0.5) is 5.69 Å². The first kappa shape index (κ1) is 16.4. The largest absolute Gasteiger partial charge is 0.270 e. The third kappa shape index (κ3) is 4.03. The molecule has 1 N–H and O–H groups in total. The van der Waals surface area contributed by atoms with Crippen molar-refractivity contribution in [2.45, 2.75) is 11.3 Å². The molecule has 0 radical (unpaired) electrons. The lowest BCUT2D eigenvalue weighted by molar-refractivity contribution is -0.385. The fourth-order valence-electron chi connectivity index (χ4n) is 1.86. The summed E-state index contributed by atoms with van der Waals surface area (Å²) in [6.07, 6.45) is 0.507. The normalized spacial score (nSPS) is 11.3. The van der Waals surface area contributed by atoms with E-state index in [1.807, 2.05) is 30.3 Å². The van der Waals surface area contributed by atoms with Crippen LogP contribution in [0.5, 0.6) is 0 Å². The molecular weight excluding hydrogens is 328 g/mol. The molecule has 6 nitrogen and oxygen atoms in total. The van der Waals surface area contributed by atoms with Gasteiger partial charge in [-0.1, -0.05) is 41.9 Å². The van der Waals surface area contributed by atoms with Crippen molar-refractivity contribution >= 4 is 27.3 Å². The number of sulfonamides is 1.